The number of ether oxygens (including phenoxy) is 1. The average Bonchev–Trinajstić information content (AvgIpc) is 2.75. The van der Waals surface area contributed by atoms with Gasteiger partial charge in [0.15, 0.2) is 5.11 Å². The molecule has 2 aromatic carbocycles. The molecule has 154 valence electrons. The first-order chi connectivity index (χ1) is 14.0. The summed E-state index contributed by atoms with van der Waals surface area (Å²) in [6.45, 7) is 5.03. The molecule has 29 heavy (non-hydrogen) atoms. The minimum atomic E-state index is -0.242. The van der Waals surface area contributed by atoms with E-state index < -0.39 is 0 Å². The van der Waals surface area contributed by atoms with Gasteiger partial charge in [0.05, 0.1) is 0 Å². The molecule has 0 saturated heterocycles. The summed E-state index contributed by atoms with van der Waals surface area (Å²) in [5.41, 5.74) is 7.11. The molecule has 1 amide bonds. The van der Waals surface area contributed by atoms with Gasteiger partial charge in [-0.05, 0) is 60.3 Å². The summed E-state index contributed by atoms with van der Waals surface area (Å²) in [6, 6.07) is 17.4. The van der Waals surface area contributed by atoms with E-state index in [0.29, 0.717) is 35.2 Å². The Balaban J connectivity index is 1.43. The van der Waals surface area contributed by atoms with Crippen LogP contribution in [0.15, 0.2) is 54.6 Å². The Morgan fingerprint density at radius 2 is 1.76 bits per heavy atom. The summed E-state index contributed by atoms with van der Waals surface area (Å²) in [6.07, 6.45) is 3.57. The van der Waals surface area contributed by atoms with Gasteiger partial charge < -0.3 is 10.1 Å². The highest BCUT2D eigenvalue weighted by Crippen LogP contribution is 2.29. The lowest BCUT2D eigenvalue weighted by molar-refractivity contribution is 0.0943. The first-order valence-electron chi connectivity index (χ1n) is 10.2. The number of nitrogens with one attached hydrogen (secondary N) is 3. The van der Waals surface area contributed by atoms with Crippen molar-refractivity contribution in [2.75, 3.05) is 0 Å². The van der Waals surface area contributed by atoms with Gasteiger partial charge in [-0.1, -0.05) is 57.0 Å². The van der Waals surface area contributed by atoms with Crippen LogP contribution in [0.3, 0.4) is 0 Å². The van der Waals surface area contributed by atoms with Gasteiger partial charge in [-0.15, -0.1) is 0 Å². The molecule has 1 fully saturated rings. The first kappa shape index (κ1) is 21.1. The molecule has 0 spiro atoms. The largest absolute Gasteiger partial charge is 0.489 e. The van der Waals surface area contributed by atoms with Crippen LogP contribution in [0.2, 0.25) is 0 Å². The van der Waals surface area contributed by atoms with Gasteiger partial charge in [0.1, 0.15) is 12.4 Å². The van der Waals surface area contributed by atoms with E-state index in [0.717, 1.165) is 17.7 Å². The molecule has 5 nitrogen and oxygen atoms in total. The predicted octanol–water partition coefficient (Wildman–Crippen LogP) is 4.20. The number of carbonyl (C=O) groups excluding carboxylic acids is 1. The molecule has 0 radical (unpaired) electrons. The molecule has 6 heteroatoms. The van der Waals surface area contributed by atoms with Crippen molar-refractivity contribution in [2.24, 2.45) is 11.8 Å². The summed E-state index contributed by atoms with van der Waals surface area (Å²) in [5, 5.41) is 3.78. The lowest BCUT2D eigenvalue weighted by Crippen LogP contribution is -2.52. The van der Waals surface area contributed by atoms with Gasteiger partial charge in [0.25, 0.3) is 5.91 Å². The summed E-state index contributed by atoms with van der Waals surface area (Å²) >= 11 is 5.34. The molecule has 1 aliphatic rings. The fourth-order valence-electron chi connectivity index (χ4n) is 3.62. The van der Waals surface area contributed by atoms with Gasteiger partial charge in [-0.3, -0.25) is 15.6 Å². The van der Waals surface area contributed by atoms with Crippen LogP contribution >= 0.6 is 12.2 Å². The Hall–Kier alpha value is -2.60. The number of hydrogen-bond acceptors (Lipinski definition) is 3. The van der Waals surface area contributed by atoms with Gasteiger partial charge in [-0.2, -0.15) is 0 Å². The number of rotatable bonds is 5. The Kier molecular flexibility index (Phi) is 7.47. The number of amides is 1. The molecular formula is C23H29N3O2S. The Morgan fingerprint density at radius 1 is 1.03 bits per heavy atom. The quantitative estimate of drug-likeness (QED) is 0.508. The van der Waals surface area contributed by atoms with Crippen molar-refractivity contribution in [1.29, 1.82) is 0 Å². The van der Waals surface area contributed by atoms with Crippen LogP contribution in [0.25, 0.3) is 0 Å². The van der Waals surface area contributed by atoms with Crippen molar-refractivity contribution in [3.8, 4) is 5.75 Å². The smallest absolute Gasteiger partial charge is 0.269 e. The van der Waals surface area contributed by atoms with Crippen LogP contribution in [0.5, 0.6) is 5.75 Å². The van der Waals surface area contributed by atoms with Gasteiger partial charge in [0, 0.05) is 11.6 Å². The van der Waals surface area contributed by atoms with E-state index in [1.165, 1.54) is 12.8 Å². The topological polar surface area (TPSA) is 62.4 Å². The third-order valence-electron chi connectivity index (χ3n) is 5.68. The predicted molar refractivity (Wildman–Crippen MR) is 120 cm³/mol. The summed E-state index contributed by atoms with van der Waals surface area (Å²) in [5.74, 6) is 1.72. The Morgan fingerprint density at radius 3 is 2.48 bits per heavy atom. The molecule has 1 aliphatic carbocycles. The fourth-order valence-corrected chi connectivity index (χ4v) is 3.82. The third kappa shape index (κ3) is 6.19. The van der Waals surface area contributed by atoms with Crippen molar-refractivity contribution in [2.45, 2.75) is 45.8 Å². The third-order valence-corrected chi connectivity index (χ3v) is 5.90. The summed E-state index contributed by atoms with van der Waals surface area (Å²) in [4.78, 5) is 12.3. The maximum atomic E-state index is 12.3. The van der Waals surface area contributed by atoms with E-state index in [4.69, 9.17) is 17.0 Å². The standard InChI is InChI=1S/C23H29N3O2S/c1-16-7-6-10-21(17(16)2)24-23(29)26-25-22(27)19-11-13-20(14-12-19)28-15-18-8-4-3-5-9-18/h3-5,8-9,11-14,16-17,21H,6-7,10,15H2,1-2H3,(H,25,27)(H2,24,26,29)/t16-,17-,21+/m1/s1. The maximum absolute atomic E-state index is 12.3. The number of thiocarbonyl (C=S) groups is 1. The number of carbonyl (C=O) groups is 1. The SMILES string of the molecule is C[C@@H]1[C@H](C)CCC[C@@H]1NC(=S)NNC(=O)c1ccc(OCc2ccccc2)cc1. The second-order valence-electron chi connectivity index (χ2n) is 7.73. The lowest BCUT2D eigenvalue weighted by Gasteiger charge is -2.35. The molecular weight excluding hydrogens is 382 g/mol. The Labute approximate surface area is 178 Å². The first-order valence-corrected chi connectivity index (χ1v) is 10.6. The van der Waals surface area contributed by atoms with E-state index in [2.05, 4.69) is 30.0 Å². The van der Waals surface area contributed by atoms with E-state index in [9.17, 15) is 4.79 Å². The van der Waals surface area contributed by atoms with Crippen LogP contribution in [0.1, 0.15) is 49.0 Å². The average molecular weight is 412 g/mol. The van der Waals surface area contributed by atoms with Crippen molar-refractivity contribution in [3.63, 3.8) is 0 Å². The van der Waals surface area contributed by atoms with Crippen molar-refractivity contribution in [1.82, 2.24) is 16.2 Å². The minimum Gasteiger partial charge on any atom is -0.489 e. The van der Waals surface area contributed by atoms with Crippen molar-refractivity contribution in [3.05, 3.63) is 65.7 Å². The molecule has 0 bridgehead atoms. The van der Waals surface area contributed by atoms with E-state index in [-0.39, 0.29) is 5.91 Å². The van der Waals surface area contributed by atoms with Crippen molar-refractivity contribution >= 4 is 23.2 Å². The summed E-state index contributed by atoms with van der Waals surface area (Å²) < 4.78 is 5.75. The molecule has 2 aromatic rings. The lowest BCUT2D eigenvalue weighted by atomic mass is 9.78. The summed E-state index contributed by atoms with van der Waals surface area (Å²) in [7, 11) is 0. The van der Waals surface area contributed by atoms with Crippen LogP contribution in [-0.4, -0.2) is 17.1 Å². The second-order valence-corrected chi connectivity index (χ2v) is 8.13. The monoisotopic (exact) mass is 411 g/mol. The molecule has 3 N–H and O–H groups in total. The second kappa shape index (κ2) is 10.3. The number of benzene rings is 2. The van der Waals surface area contributed by atoms with Crippen molar-refractivity contribution < 1.29 is 9.53 Å². The highest BCUT2D eigenvalue weighted by Gasteiger charge is 2.27. The Bertz CT molecular complexity index is 811. The molecule has 1 saturated carbocycles. The highest BCUT2D eigenvalue weighted by atomic mass is 32.1. The zero-order valence-corrected chi connectivity index (χ0v) is 17.8. The van der Waals surface area contributed by atoms with E-state index >= 15 is 0 Å². The number of hydrazine groups is 1. The van der Waals surface area contributed by atoms with Gasteiger partial charge >= 0.3 is 0 Å². The molecule has 3 rings (SSSR count). The zero-order chi connectivity index (χ0) is 20.6. The zero-order valence-electron chi connectivity index (χ0n) is 17.0. The molecule has 0 aromatic heterocycles. The fraction of sp³-hybridized carbons (Fsp3) is 0.391. The van der Waals surface area contributed by atoms with Gasteiger partial charge in [0.2, 0.25) is 0 Å². The van der Waals surface area contributed by atoms with E-state index in [1.807, 2.05) is 30.3 Å². The van der Waals surface area contributed by atoms with E-state index in [1.54, 1.807) is 24.3 Å². The highest BCUT2D eigenvalue weighted by molar-refractivity contribution is 7.80. The number of hydrogen-bond donors (Lipinski definition) is 3. The van der Waals surface area contributed by atoms with Crippen LogP contribution in [-0.2, 0) is 6.61 Å². The molecule has 0 unspecified atom stereocenters. The van der Waals surface area contributed by atoms with Crippen LogP contribution in [0, 0.1) is 11.8 Å². The minimum absolute atomic E-state index is 0.242. The van der Waals surface area contributed by atoms with Crippen LogP contribution in [0.4, 0.5) is 0 Å². The molecule has 0 heterocycles. The molecule has 3 atom stereocenters. The normalized spacial score (nSPS) is 21.1. The maximum Gasteiger partial charge on any atom is 0.269 e. The van der Waals surface area contributed by atoms with Gasteiger partial charge in [-0.25, -0.2) is 0 Å². The molecule has 0 aliphatic heterocycles. The van der Waals surface area contributed by atoms with Crippen LogP contribution < -0.4 is 20.9 Å².